The zero-order chi connectivity index (χ0) is 12.1. The van der Waals surface area contributed by atoms with Crippen molar-refractivity contribution in [2.45, 2.75) is 38.1 Å². The van der Waals surface area contributed by atoms with E-state index in [1.807, 2.05) is 4.90 Å². The number of hydrogen-bond donors (Lipinski definition) is 1. The van der Waals surface area contributed by atoms with Gasteiger partial charge in [-0.05, 0) is 45.8 Å². The van der Waals surface area contributed by atoms with Gasteiger partial charge in [-0.15, -0.1) is 0 Å². The van der Waals surface area contributed by atoms with E-state index in [0.29, 0.717) is 12.6 Å². The first-order chi connectivity index (χ1) is 8.27. The fourth-order valence-electron chi connectivity index (χ4n) is 2.88. The molecule has 1 N–H and O–H groups in total. The molecule has 0 radical (unpaired) electrons. The Morgan fingerprint density at radius 1 is 1.29 bits per heavy atom. The number of carbonyl (C=O) groups is 1. The Morgan fingerprint density at radius 3 is 3.00 bits per heavy atom. The van der Waals surface area contributed by atoms with Crippen LogP contribution >= 0.6 is 0 Å². The van der Waals surface area contributed by atoms with Crippen LogP contribution in [0, 0.1) is 0 Å². The third-order valence-corrected chi connectivity index (χ3v) is 4.06. The molecule has 2 rings (SSSR count). The maximum atomic E-state index is 11.8. The lowest BCUT2D eigenvalue weighted by molar-refractivity contribution is -0.129. The topological polar surface area (TPSA) is 35.6 Å². The quantitative estimate of drug-likeness (QED) is 0.787. The summed E-state index contributed by atoms with van der Waals surface area (Å²) in [5.74, 6) is 0.279. The van der Waals surface area contributed by atoms with Crippen molar-refractivity contribution < 1.29 is 4.79 Å². The van der Waals surface area contributed by atoms with Crippen LogP contribution in [0.3, 0.4) is 0 Å². The second kappa shape index (κ2) is 6.36. The summed E-state index contributed by atoms with van der Waals surface area (Å²) in [4.78, 5) is 16.3. The lowest BCUT2D eigenvalue weighted by Gasteiger charge is -2.34. The fourth-order valence-corrected chi connectivity index (χ4v) is 2.88. The van der Waals surface area contributed by atoms with Crippen molar-refractivity contribution in [1.82, 2.24) is 15.1 Å². The lowest BCUT2D eigenvalue weighted by Crippen LogP contribution is -2.41. The van der Waals surface area contributed by atoms with Crippen LogP contribution < -0.4 is 5.32 Å². The number of nitrogens with one attached hydrogen (secondary N) is 1. The van der Waals surface area contributed by atoms with Gasteiger partial charge < -0.3 is 15.1 Å². The van der Waals surface area contributed by atoms with E-state index in [4.69, 9.17) is 0 Å². The largest absolute Gasteiger partial charge is 0.341 e. The molecule has 17 heavy (non-hydrogen) atoms. The predicted octanol–water partition coefficient (Wildman–Crippen LogP) is 0.683. The van der Waals surface area contributed by atoms with Gasteiger partial charge in [0.2, 0.25) is 5.91 Å². The number of piperidine rings is 1. The SMILES string of the molecule is CN1CCCCC1CCN1CCCNCC1=O. The molecule has 0 bridgehead atoms. The second-order valence-corrected chi connectivity index (χ2v) is 5.33. The Kier molecular flexibility index (Phi) is 4.80. The van der Waals surface area contributed by atoms with Crippen LogP contribution in [-0.2, 0) is 4.79 Å². The van der Waals surface area contributed by atoms with Crippen LogP contribution in [0.5, 0.6) is 0 Å². The van der Waals surface area contributed by atoms with Crippen molar-refractivity contribution in [3.8, 4) is 0 Å². The van der Waals surface area contributed by atoms with Crippen molar-refractivity contribution in [2.24, 2.45) is 0 Å². The van der Waals surface area contributed by atoms with Crippen LogP contribution in [0.1, 0.15) is 32.1 Å². The van der Waals surface area contributed by atoms with E-state index in [1.165, 1.54) is 25.8 Å². The maximum absolute atomic E-state index is 11.8. The molecule has 0 aromatic rings. The molecule has 1 amide bonds. The van der Waals surface area contributed by atoms with Crippen molar-refractivity contribution in [3.05, 3.63) is 0 Å². The molecule has 2 aliphatic heterocycles. The molecule has 0 spiro atoms. The zero-order valence-electron chi connectivity index (χ0n) is 11.0. The van der Waals surface area contributed by atoms with Gasteiger partial charge in [0, 0.05) is 19.1 Å². The molecule has 0 aromatic carbocycles. The van der Waals surface area contributed by atoms with E-state index in [2.05, 4.69) is 17.3 Å². The van der Waals surface area contributed by atoms with Gasteiger partial charge in [-0.25, -0.2) is 0 Å². The van der Waals surface area contributed by atoms with E-state index in [-0.39, 0.29) is 5.91 Å². The molecule has 2 saturated heterocycles. The van der Waals surface area contributed by atoms with Crippen molar-refractivity contribution in [2.75, 3.05) is 39.8 Å². The van der Waals surface area contributed by atoms with Crippen LogP contribution in [0.2, 0.25) is 0 Å². The number of nitrogens with zero attached hydrogens (tertiary/aromatic N) is 2. The standard InChI is InChI=1S/C13H25N3O/c1-15-8-3-2-5-12(15)6-10-16-9-4-7-14-11-13(16)17/h12,14H,2-11H2,1H3. The smallest absolute Gasteiger partial charge is 0.236 e. The molecule has 98 valence electrons. The van der Waals surface area contributed by atoms with E-state index in [9.17, 15) is 4.79 Å². The summed E-state index contributed by atoms with van der Waals surface area (Å²) >= 11 is 0. The Labute approximate surface area is 104 Å². The molecule has 2 fully saturated rings. The normalized spacial score (nSPS) is 28.2. The van der Waals surface area contributed by atoms with Crippen LogP contribution in [0.4, 0.5) is 0 Å². The van der Waals surface area contributed by atoms with Gasteiger partial charge in [-0.3, -0.25) is 4.79 Å². The summed E-state index contributed by atoms with van der Waals surface area (Å²) in [6.07, 6.45) is 6.22. The Morgan fingerprint density at radius 2 is 2.18 bits per heavy atom. The van der Waals surface area contributed by atoms with Crippen LogP contribution in [0.25, 0.3) is 0 Å². The average molecular weight is 239 g/mol. The first-order valence-corrected chi connectivity index (χ1v) is 6.96. The first-order valence-electron chi connectivity index (χ1n) is 6.96. The number of hydrogen-bond acceptors (Lipinski definition) is 3. The molecule has 4 heteroatoms. The molecule has 0 saturated carbocycles. The van der Waals surface area contributed by atoms with Gasteiger partial charge in [-0.2, -0.15) is 0 Å². The monoisotopic (exact) mass is 239 g/mol. The number of rotatable bonds is 3. The molecule has 0 aromatic heterocycles. The molecular formula is C13H25N3O. The third-order valence-electron chi connectivity index (χ3n) is 4.06. The predicted molar refractivity (Wildman–Crippen MR) is 69.0 cm³/mol. The number of carbonyl (C=O) groups excluding carboxylic acids is 1. The Bertz CT molecular complexity index is 257. The minimum Gasteiger partial charge on any atom is -0.341 e. The summed E-state index contributed by atoms with van der Waals surface area (Å²) < 4.78 is 0. The zero-order valence-corrected chi connectivity index (χ0v) is 11.0. The van der Waals surface area contributed by atoms with E-state index in [1.54, 1.807) is 0 Å². The first kappa shape index (κ1) is 12.8. The maximum Gasteiger partial charge on any atom is 0.236 e. The number of amides is 1. The van der Waals surface area contributed by atoms with Gasteiger partial charge in [0.1, 0.15) is 0 Å². The van der Waals surface area contributed by atoms with E-state index in [0.717, 1.165) is 32.5 Å². The average Bonchev–Trinajstić information content (AvgIpc) is 2.53. The highest BCUT2D eigenvalue weighted by atomic mass is 16.2. The van der Waals surface area contributed by atoms with Gasteiger partial charge in [-0.1, -0.05) is 6.42 Å². The minimum absolute atomic E-state index is 0.279. The Hall–Kier alpha value is -0.610. The lowest BCUT2D eigenvalue weighted by atomic mass is 10.00. The molecule has 1 unspecified atom stereocenters. The third kappa shape index (κ3) is 3.68. The summed E-state index contributed by atoms with van der Waals surface area (Å²) in [5.41, 5.74) is 0. The molecule has 0 aliphatic carbocycles. The van der Waals surface area contributed by atoms with Crippen molar-refractivity contribution in [1.29, 1.82) is 0 Å². The summed E-state index contributed by atoms with van der Waals surface area (Å²) in [6.45, 7) is 4.60. The van der Waals surface area contributed by atoms with Gasteiger partial charge in [0.15, 0.2) is 0 Å². The van der Waals surface area contributed by atoms with Crippen molar-refractivity contribution >= 4 is 5.91 Å². The van der Waals surface area contributed by atoms with Crippen LogP contribution in [-0.4, -0.2) is 61.5 Å². The minimum atomic E-state index is 0.279. The van der Waals surface area contributed by atoms with Gasteiger partial charge in [0.05, 0.1) is 6.54 Å². The highest BCUT2D eigenvalue weighted by Crippen LogP contribution is 2.18. The summed E-state index contributed by atoms with van der Waals surface area (Å²) in [7, 11) is 2.22. The van der Waals surface area contributed by atoms with Gasteiger partial charge >= 0.3 is 0 Å². The molecule has 2 heterocycles. The van der Waals surface area contributed by atoms with E-state index >= 15 is 0 Å². The van der Waals surface area contributed by atoms with Gasteiger partial charge in [0.25, 0.3) is 0 Å². The Balaban J connectivity index is 1.77. The molecule has 2 aliphatic rings. The highest BCUT2D eigenvalue weighted by molar-refractivity contribution is 5.78. The number of likely N-dealkylation sites (tertiary alicyclic amines) is 1. The molecule has 1 atom stereocenters. The van der Waals surface area contributed by atoms with Crippen LogP contribution in [0.15, 0.2) is 0 Å². The second-order valence-electron chi connectivity index (χ2n) is 5.33. The van der Waals surface area contributed by atoms with Crippen molar-refractivity contribution in [3.63, 3.8) is 0 Å². The molecule has 4 nitrogen and oxygen atoms in total. The van der Waals surface area contributed by atoms with E-state index < -0.39 is 0 Å². The summed E-state index contributed by atoms with van der Waals surface area (Å²) in [6, 6.07) is 0.688. The molecular weight excluding hydrogens is 214 g/mol. The highest BCUT2D eigenvalue weighted by Gasteiger charge is 2.21. The fraction of sp³-hybridized carbons (Fsp3) is 0.923. The summed E-state index contributed by atoms with van der Waals surface area (Å²) in [5, 5.41) is 3.17.